The molecule has 1 unspecified atom stereocenters. The molecule has 0 radical (unpaired) electrons. The number of hydrogen-bond acceptors (Lipinski definition) is 9. The van der Waals surface area contributed by atoms with Gasteiger partial charge >= 0.3 is 17.9 Å². The van der Waals surface area contributed by atoms with E-state index in [0.717, 1.165) is 110 Å². The third-order valence-electron chi connectivity index (χ3n) is 12.1. The standard InChI is InChI=1S/C51H100N2O7/c1-6-11-15-19-22-25-33-47(32-24-18-14-9-4)44-58-49(55)37-28-23-30-38-52(10-5)40-41-53(42-43-54)39-31-29-34-48(45-59-50(56)35-26-20-16-12-7-2)46-60-51(57)36-27-21-17-13-8-3/h47-48,54H,6-46H2,1-5H3. The Bertz CT molecular complexity index is 920. The summed E-state index contributed by atoms with van der Waals surface area (Å²) >= 11 is 0. The lowest BCUT2D eigenvalue weighted by molar-refractivity contribution is -0.149. The Morgan fingerprint density at radius 1 is 0.383 bits per heavy atom. The van der Waals surface area contributed by atoms with Gasteiger partial charge < -0.3 is 24.2 Å². The maximum Gasteiger partial charge on any atom is 0.305 e. The monoisotopic (exact) mass is 853 g/mol. The molecule has 356 valence electrons. The third kappa shape index (κ3) is 39.2. The van der Waals surface area contributed by atoms with Crippen molar-refractivity contribution in [1.29, 1.82) is 0 Å². The first kappa shape index (κ1) is 58.3. The highest BCUT2D eigenvalue weighted by Crippen LogP contribution is 2.20. The lowest BCUT2D eigenvalue weighted by Crippen LogP contribution is -2.37. The molecule has 9 nitrogen and oxygen atoms in total. The molecule has 0 aromatic carbocycles. The van der Waals surface area contributed by atoms with E-state index in [2.05, 4.69) is 44.4 Å². The zero-order chi connectivity index (χ0) is 44.2. The molecule has 0 aliphatic carbocycles. The lowest BCUT2D eigenvalue weighted by Gasteiger charge is -2.27. The minimum Gasteiger partial charge on any atom is -0.465 e. The molecule has 0 saturated carbocycles. The van der Waals surface area contributed by atoms with Crippen LogP contribution in [0.15, 0.2) is 0 Å². The Balaban J connectivity index is 4.65. The van der Waals surface area contributed by atoms with E-state index in [9.17, 15) is 19.5 Å². The van der Waals surface area contributed by atoms with E-state index in [0.29, 0.717) is 51.5 Å². The van der Waals surface area contributed by atoms with Crippen LogP contribution in [-0.4, -0.2) is 98.5 Å². The van der Waals surface area contributed by atoms with E-state index >= 15 is 0 Å². The van der Waals surface area contributed by atoms with Crippen LogP contribution in [0.5, 0.6) is 0 Å². The Morgan fingerprint density at radius 2 is 0.717 bits per heavy atom. The van der Waals surface area contributed by atoms with Crippen LogP contribution in [0.3, 0.4) is 0 Å². The molecule has 0 saturated heterocycles. The van der Waals surface area contributed by atoms with Crippen molar-refractivity contribution in [2.24, 2.45) is 11.8 Å². The summed E-state index contributed by atoms with van der Waals surface area (Å²) in [5, 5.41) is 9.81. The fourth-order valence-electron chi connectivity index (χ4n) is 7.93. The number of carbonyl (C=O) groups excluding carboxylic acids is 3. The number of carbonyl (C=O) groups is 3. The van der Waals surface area contributed by atoms with Crippen LogP contribution in [0, 0.1) is 11.8 Å². The summed E-state index contributed by atoms with van der Waals surface area (Å²) in [6, 6.07) is 0. The second-order valence-corrected chi connectivity index (χ2v) is 17.8. The number of aliphatic hydroxyl groups is 1. The van der Waals surface area contributed by atoms with E-state index < -0.39 is 0 Å². The molecule has 0 rings (SSSR count). The summed E-state index contributed by atoms with van der Waals surface area (Å²) in [4.78, 5) is 42.4. The van der Waals surface area contributed by atoms with Crippen LogP contribution in [0.25, 0.3) is 0 Å². The quantitative estimate of drug-likeness (QED) is 0.0364. The molecule has 0 heterocycles. The Morgan fingerprint density at radius 3 is 1.18 bits per heavy atom. The highest BCUT2D eigenvalue weighted by molar-refractivity contribution is 5.70. The molecule has 0 aromatic rings. The summed E-state index contributed by atoms with van der Waals surface area (Å²) in [5.74, 6) is 0.171. The van der Waals surface area contributed by atoms with Gasteiger partial charge in [-0.15, -0.1) is 0 Å². The van der Waals surface area contributed by atoms with Gasteiger partial charge in [-0.25, -0.2) is 0 Å². The van der Waals surface area contributed by atoms with Crippen LogP contribution >= 0.6 is 0 Å². The molecule has 0 spiro atoms. The smallest absolute Gasteiger partial charge is 0.305 e. The summed E-state index contributed by atoms with van der Waals surface area (Å²) in [6.07, 6.45) is 33.3. The van der Waals surface area contributed by atoms with Gasteiger partial charge in [-0.1, -0.05) is 163 Å². The highest BCUT2D eigenvalue weighted by Gasteiger charge is 2.17. The molecule has 0 bridgehead atoms. The number of unbranched alkanes of at least 4 members (excludes halogenated alkanes) is 19. The molecule has 1 N–H and O–H groups in total. The average Bonchev–Trinajstić information content (AvgIpc) is 3.25. The first-order valence-corrected chi connectivity index (χ1v) is 25.9. The number of hydrogen-bond donors (Lipinski definition) is 1. The summed E-state index contributed by atoms with van der Waals surface area (Å²) in [6.45, 7) is 17.8. The number of likely N-dealkylation sites (N-methyl/N-ethyl adjacent to an activating group) is 1. The van der Waals surface area contributed by atoms with E-state index in [-0.39, 0.29) is 30.4 Å². The first-order valence-electron chi connectivity index (χ1n) is 25.9. The number of rotatable bonds is 47. The van der Waals surface area contributed by atoms with Crippen LogP contribution in [-0.2, 0) is 28.6 Å². The highest BCUT2D eigenvalue weighted by atomic mass is 16.5. The molecule has 0 amide bonds. The molecule has 0 aliphatic rings. The van der Waals surface area contributed by atoms with Crippen LogP contribution in [0.4, 0.5) is 0 Å². The zero-order valence-electron chi connectivity index (χ0n) is 40.4. The van der Waals surface area contributed by atoms with E-state index in [1.54, 1.807) is 0 Å². The average molecular weight is 853 g/mol. The van der Waals surface area contributed by atoms with Crippen LogP contribution in [0.2, 0.25) is 0 Å². The SMILES string of the molecule is CCCCCCCCC(CCCCCC)COC(=O)CCCCCN(CC)CCN(CCO)CCCCC(COC(=O)CCCCCCC)COC(=O)CCCCCCC. The van der Waals surface area contributed by atoms with Gasteiger partial charge in [-0.3, -0.25) is 19.3 Å². The van der Waals surface area contributed by atoms with Crippen molar-refractivity contribution in [3.8, 4) is 0 Å². The second-order valence-electron chi connectivity index (χ2n) is 17.8. The molecule has 60 heavy (non-hydrogen) atoms. The molecule has 0 aromatic heterocycles. The fourth-order valence-corrected chi connectivity index (χ4v) is 7.93. The second kappa shape index (κ2) is 45.3. The van der Waals surface area contributed by atoms with E-state index in [4.69, 9.17) is 14.2 Å². The van der Waals surface area contributed by atoms with Crippen molar-refractivity contribution < 1.29 is 33.7 Å². The maximum atomic E-state index is 12.7. The topological polar surface area (TPSA) is 106 Å². The summed E-state index contributed by atoms with van der Waals surface area (Å²) in [5.41, 5.74) is 0. The van der Waals surface area contributed by atoms with E-state index in [1.807, 2.05) is 0 Å². The van der Waals surface area contributed by atoms with Gasteiger partial charge in [0.15, 0.2) is 0 Å². The summed E-state index contributed by atoms with van der Waals surface area (Å²) < 4.78 is 17.2. The van der Waals surface area contributed by atoms with Crippen molar-refractivity contribution >= 4 is 17.9 Å². The van der Waals surface area contributed by atoms with Crippen molar-refractivity contribution in [3.63, 3.8) is 0 Å². The van der Waals surface area contributed by atoms with Crippen molar-refractivity contribution in [2.45, 2.75) is 234 Å². The predicted octanol–water partition coefficient (Wildman–Crippen LogP) is 12.6. The van der Waals surface area contributed by atoms with Gasteiger partial charge in [0.2, 0.25) is 0 Å². The third-order valence-corrected chi connectivity index (χ3v) is 12.1. The van der Waals surface area contributed by atoms with Gasteiger partial charge in [0.25, 0.3) is 0 Å². The van der Waals surface area contributed by atoms with Gasteiger partial charge in [0.1, 0.15) is 0 Å². The Hall–Kier alpha value is -1.71. The largest absolute Gasteiger partial charge is 0.465 e. The maximum absolute atomic E-state index is 12.7. The molecular weight excluding hydrogens is 753 g/mol. The molecule has 9 heteroatoms. The van der Waals surface area contributed by atoms with Gasteiger partial charge in [0, 0.05) is 44.8 Å². The minimum absolute atomic E-state index is 0.00560. The first-order chi connectivity index (χ1) is 29.3. The Kier molecular flexibility index (Phi) is 44.0. The molecule has 0 aliphatic heterocycles. The number of ether oxygens (including phenoxy) is 3. The normalized spacial score (nSPS) is 12.2. The Labute approximate surface area is 371 Å². The zero-order valence-corrected chi connectivity index (χ0v) is 40.4. The van der Waals surface area contributed by atoms with E-state index in [1.165, 1.54) is 103 Å². The molecule has 1 atom stereocenters. The van der Waals surface area contributed by atoms with Gasteiger partial charge in [0.05, 0.1) is 26.4 Å². The fraction of sp³-hybridized carbons (Fsp3) is 0.941. The molecule has 0 fully saturated rings. The van der Waals surface area contributed by atoms with Gasteiger partial charge in [-0.2, -0.15) is 0 Å². The van der Waals surface area contributed by atoms with Crippen molar-refractivity contribution in [1.82, 2.24) is 9.80 Å². The number of aliphatic hydroxyl groups excluding tert-OH is 1. The minimum atomic E-state index is -0.151. The summed E-state index contributed by atoms with van der Waals surface area (Å²) in [7, 11) is 0. The molecular formula is C51H100N2O7. The van der Waals surface area contributed by atoms with Gasteiger partial charge in [-0.05, 0) is 76.9 Å². The van der Waals surface area contributed by atoms with Crippen molar-refractivity contribution in [3.05, 3.63) is 0 Å². The lowest BCUT2D eigenvalue weighted by atomic mass is 9.95. The predicted molar refractivity (Wildman–Crippen MR) is 251 cm³/mol. The van der Waals surface area contributed by atoms with Crippen LogP contribution < -0.4 is 0 Å². The number of esters is 3. The van der Waals surface area contributed by atoms with Crippen LogP contribution in [0.1, 0.15) is 234 Å². The van der Waals surface area contributed by atoms with Crippen molar-refractivity contribution in [2.75, 3.05) is 65.7 Å². The number of nitrogens with zero attached hydrogens (tertiary/aromatic N) is 2.